The number of carbonyl (C=O) groups excluding carboxylic acids is 1. The fourth-order valence-corrected chi connectivity index (χ4v) is 0.915. The minimum absolute atomic E-state index is 0.0990. The number of carbonyl (C=O) groups is 1. The Hall–Kier alpha value is -0.650. The normalized spacial score (nSPS) is 16.9. The zero-order valence-electron chi connectivity index (χ0n) is 9.95. The average molecular weight is 218 g/mol. The van der Waals surface area contributed by atoms with E-state index < -0.39 is 11.8 Å². The molecule has 1 amide bonds. The lowest BCUT2D eigenvalue weighted by atomic mass is 10.0. The Labute approximate surface area is 91.1 Å². The summed E-state index contributed by atoms with van der Waals surface area (Å²) in [6.07, 6.45) is -0.202. The van der Waals surface area contributed by atoms with E-state index in [0.717, 1.165) is 0 Å². The van der Waals surface area contributed by atoms with E-state index in [1.165, 1.54) is 11.8 Å². The highest BCUT2D eigenvalue weighted by Gasteiger charge is 2.19. The zero-order chi connectivity index (χ0) is 12.1. The van der Waals surface area contributed by atoms with Crippen molar-refractivity contribution in [1.29, 1.82) is 0 Å². The molecule has 0 spiro atoms. The number of hydrogen-bond donors (Lipinski definition) is 3. The third kappa shape index (κ3) is 6.43. The smallest absolute Gasteiger partial charge is 0.219 e. The van der Waals surface area contributed by atoms with Gasteiger partial charge in [-0.3, -0.25) is 10.1 Å². The molecule has 0 heterocycles. The van der Waals surface area contributed by atoms with Gasteiger partial charge < -0.3 is 15.1 Å². The van der Waals surface area contributed by atoms with Crippen LogP contribution in [0.1, 0.15) is 27.2 Å². The Balaban J connectivity index is 3.85. The topological polar surface area (TPSA) is 72.8 Å². The van der Waals surface area contributed by atoms with E-state index in [1.807, 2.05) is 6.92 Å². The van der Waals surface area contributed by atoms with Crippen LogP contribution in [-0.4, -0.2) is 53.0 Å². The minimum Gasteiger partial charge on any atom is -0.389 e. The van der Waals surface area contributed by atoms with Crippen LogP contribution in [0.2, 0.25) is 0 Å². The molecule has 15 heavy (non-hydrogen) atoms. The van der Waals surface area contributed by atoms with Crippen molar-refractivity contribution in [1.82, 2.24) is 10.2 Å². The number of hydrogen-bond acceptors (Lipinski definition) is 4. The van der Waals surface area contributed by atoms with E-state index in [2.05, 4.69) is 5.32 Å². The van der Waals surface area contributed by atoms with Crippen molar-refractivity contribution >= 4 is 5.91 Å². The SMILES string of the molecule is CCC(C)(O)CNC(O)CN(C)C(C)=O. The highest BCUT2D eigenvalue weighted by molar-refractivity contribution is 5.72. The van der Waals surface area contributed by atoms with E-state index in [4.69, 9.17) is 0 Å². The van der Waals surface area contributed by atoms with Gasteiger partial charge in [0.15, 0.2) is 0 Å². The number of nitrogens with zero attached hydrogens (tertiary/aromatic N) is 1. The average Bonchev–Trinajstić information content (AvgIpc) is 2.15. The summed E-state index contributed by atoms with van der Waals surface area (Å²) in [5.41, 5.74) is -0.824. The summed E-state index contributed by atoms with van der Waals surface area (Å²) < 4.78 is 0. The van der Waals surface area contributed by atoms with Crippen LogP contribution in [0.25, 0.3) is 0 Å². The summed E-state index contributed by atoms with van der Waals surface area (Å²) in [6.45, 7) is 5.53. The van der Waals surface area contributed by atoms with E-state index >= 15 is 0 Å². The van der Waals surface area contributed by atoms with Crippen molar-refractivity contribution in [2.45, 2.75) is 39.0 Å². The van der Waals surface area contributed by atoms with Gasteiger partial charge in [0.2, 0.25) is 5.91 Å². The molecule has 0 rings (SSSR count). The van der Waals surface area contributed by atoms with Crippen LogP contribution in [0.5, 0.6) is 0 Å². The van der Waals surface area contributed by atoms with Crippen LogP contribution in [0, 0.1) is 0 Å². The van der Waals surface area contributed by atoms with Crippen molar-refractivity contribution in [2.75, 3.05) is 20.1 Å². The summed E-state index contributed by atoms with van der Waals surface area (Å²) in [4.78, 5) is 12.3. The van der Waals surface area contributed by atoms with Crippen LogP contribution in [-0.2, 0) is 4.79 Å². The molecule has 0 saturated heterocycles. The molecule has 0 aliphatic rings. The number of aliphatic hydroxyl groups excluding tert-OH is 1. The number of likely N-dealkylation sites (N-methyl/N-ethyl adjacent to an activating group) is 1. The third-order valence-electron chi connectivity index (χ3n) is 2.46. The molecule has 0 fully saturated rings. The van der Waals surface area contributed by atoms with Crippen LogP contribution < -0.4 is 5.32 Å². The predicted octanol–water partition coefficient (Wildman–Crippen LogP) is -0.466. The molecule has 2 atom stereocenters. The standard InChI is InChI=1S/C10H22N2O3/c1-5-10(3,15)7-11-9(14)6-12(4)8(2)13/h9,11,14-15H,5-7H2,1-4H3. The molecule has 0 saturated carbocycles. The second kappa shape index (κ2) is 6.05. The van der Waals surface area contributed by atoms with Crippen molar-refractivity contribution in [3.8, 4) is 0 Å². The first-order valence-corrected chi connectivity index (χ1v) is 5.14. The molecule has 5 heteroatoms. The molecule has 0 aliphatic heterocycles. The summed E-state index contributed by atoms with van der Waals surface area (Å²) in [6, 6.07) is 0. The molecule has 0 radical (unpaired) electrons. The highest BCUT2D eigenvalue weighted by atomic mass is 16.3. The summed E-state index contributed by atoms with van der Waals surface area (Å²) in [7, 11) is 1.62. The molecule has 0 aliphatic carbocycles. The number of amides is 1. The monoisotopic (exact) mass is 218 g/mol. The fraction of sp³-hybridized carbons (Fsp3) is 0.900. The largest absolute Gasteiger partial charge is 0.389 e. The summed E-state index contributed by atoms with van der Waals surface area (Å²) in [5.74, 6) is -0.0990. The minimum atomic E-state index is -0.824. The lowest BCUT2D eigenvalue weighted by Gasteiger charge is -2.26. The number of nitrogens with one attached hydrogen (secondary N) is 1. The van der Waals surface area contributed by atoms with E-state index in [1.54, 1.807) is 14.0 Å². The van der Waals surface area contributed by atoms with Gasteiger partial charge in [-0.2, -0.15) is 0 Å². The molecule has 2 unspecified atom stereocenters. The Bertz CT molecular complexity index is 207. The number of rotatable bonds is 6. The molecule has 3 N–H and O–H groups in total. The third-order valence-corrected chi connectivity index (χ3v) is 2.46. The van der Waals surface area contributed by atoms with Crippen molar-refractivity contribution in [3.05, 3.63) is 0 Å². The first kappa shape index (κ1) is 14.3. The maximum Gasteiger partial charge on any atom is 0.219 e. The molecule has 0 aromatic heterocycles. The second-order valence-corrected chi connectivity index (χ2v) is 4.15. The van der Waals surface area contributed by atoms with Crippen molar-refractivity contribution in [2.24, 2.45) is 0 Å². The van der Waals surface area contributed by atoms with Crippen LogP contribution in [0.4, 0.5) is 0 Å². The van der Waals surface area contributed by atoms with Gasteiger partial charge in [-0.1, -0.05) is 6.92 Å². The van der Waals surface area contributed by atoms with E-state index in [-0.39, 0.29) is 12.5 Å². The lowest BCUT2D eigenvalue weighted by Crippen LogP contribution is -2.47. The zero-order valence-corrected chi connectivity index (χ0v) is 9.95. The molecule has 5 nitrogen and oxygen atoms in total. The van der Waals surface area contributed by atoms with Gasteiger partial charge in [0.25, 0.3) is 0 Å². The van der Waals surface area contributed by atoms with Gasteiger partial charge in [0.05, 0.1) is 12.1 Å². The molecule has 90 valence electrons. The first-order valence-electron chi connectivity index (χ1n) is 5.14. The Morgan fingerprint density at radius 2 is 2.13 bits per heavy atom. The maximum absolute atomic E-state index is 10.9. The van der Waals surface area contributed by atoms with Crippen LogP contribution in [0.3, 0.4) is 0 Å². The van der Waals surface area contributed by atoms with Gasteiger partial charge in [-0.05, 0) is 13.3 Å². The first-order chi connectivity index (χ1) is 6.78. The van der Waals surface area contributed by atoms with Gasteiger partial charge in [0, 0.05) is 20.5 Å². The maximum atomic E-state index is 10.9. The molecular formula is C10H22N2O3. The van der Waals surface area contributed by atoms with E-state index in [9.17, 15) is 15.0 Å². The predicted molar refractivity (Wildman–Crippen MR) is 58.2 cm³/mol. The molecular weight excluding hydrogens is 196 g/mol. The van der Waals surface area contributed by atoms with Gasteiger partial charge in [0.1, 0.15) is 6.23 Å². The lowest BCUT2D eigenvalue weighted by molar-refractivity contribution is -0.129. The summed E-state index contributed by atoms with van der Waals surface area (Å²) >= 11 is 0. The fourth-order valence-electron chi connectivity index (χ4n) is 0.915. The second-order valence-electron chi connectivity index (χ2n) is 4.15. The van der Waals surface area contributed by atoms with Crippen LogP contribution >= 0.6 is 0 Å². The van der Waals surface area contributed by atoms with Gasteiger partial charge in [-0.15, -0.1) is 0 Å². The Morgan fingerprint density at radius 3 is 2.53 bits per heavy atom. The van der Waals surface area contributed by atoms with Crippen LogP contribution in [0.15, 0.2) is 0 Å². The van der Waals surface area contributed by atoms with Gasteiger partial charge in [-0.25, -0.2) is 0 Å². The van der Waals surface area contributed by atoms with E-state index in [0.29, 0.717) is 13.0 Å². The molecule has 0 aromatic rings. The quantitative estimate of drug-likeness (QED) is 0.527. The highest BCUT2D eigenvalue weighted by Crippen LogP contribution is 2.06. The summed E-state index contributed by atoms with van der Waals surface area (Å²) in [5, 5.41) is 21.9. The Kier molecular flexibility index (Phi) is 5.79. The van der Waals surface area contributed by atoms with Crippen molar-refractivity contribution < 1.29 is 15.0 Å². The number of aliphatic hydroxyl groups is 2. The molecule has 0 bridgehead atoms. The molecule has 0 aromatic carbocycles. The van der Waals surface area contributed by atoms with Gasteiger partial charge >= 0.3 is 0 Å². The Morgan fingerprint density at radius 1 is 1.60 bits per heavy atom. The van der Waals surface area contributed by atoms with Crippen molar-refractivity contribution in [3.63, 3.8) is 0 Å².